The van der Waals surface area contributed by atoms with Gasteiger partial charge < -0.3 is 23.7 Å². The van der Waals surface area contributed by atoms with E-state index in [9.17, 15) is 19.7 Å². The molecule has 2 aromatic carbocycles. The van der Waals surface area contributed by atoms with Crippen molar-refractivity contribution in [1.29, 1.82) is 0 Å². The number of nitro groups is 1. The highest BCUT2D eigenvalue weighted by molar-refractivity contribution is 5.94. The van der Waals surface area contributed by atoms with Gasteiger partial charge in [-0.1, -0.05) is 6.07 Å². The minimum atomic E-state index is -0.482. The number of amides is 2. The number of furan rings is 1. The Labute approximate surface area is 227 Å². The Bertz CT molecular complexity index is 1280. The van der Waals surface area contributed by atoms with E-state index in [2.05, 4.69) is 0 Å². The molecule has 0 aliphatic heterocycles. The lowest BCUT2D eigenvalue weighted by Crippen LogP contribution is -2.45. The standard InChI is InChI=1S/C29H33N3O7/c1-21(2)31(28(33)14-10-22-7-11-24(12-8-22)32(35)36)20-29(34)30(19-25-6-5-17-39-25)16-15-23-9-13-26(37-3)27(18-23)38-4/h5-14,17-18,21H,15-16,19-20H2,1-4H3. The van der Waals surface area contributed by atoms with E-state index in [1.807, 2.05) is 32.0 Å². The van der Waals surface area contributed by atoms with Gasteiger partial charge in [-0.15, -0.1) is 0 Å². The van der Waals surface area contributed by atoms with Crippen LogP contribution in [0, 0.1) is 10.1 Å². The van der Waals surface area contributed by atoms with Crippen LogP contribution in [0.25, 0.3) is 6.08 Å². The number of methoxy groups -OCH3 is 2. The summed E-state index contributed by atoms with van der Waals surface area (Å²) in [6, 6.07) is 14.8. The second-order valence-corrected chi connectivity index (χ2v) is 9.08. The van der Waals surface area contributed by atoms with Crippen molar-refractivity contribution < 1.29 is 28.4 Å². The fourth-order valence-electron chi connectivity index (χ4n) is 3.91. The Balaban J connectivity index is 1.72. The third-order valence-electron chi connectivity index (χ3n) is 6.13. The predicted octanol–water partition coefficient (Wildman–Crippen LogP) is 4.73. The van der Waals surface area contributed by atoms with Crippen LogP contribution in [0.15, 0.2) is 71.4 Å². The van der Waals surface area contributed by atoms with Crippen LogP contribution in [0.3, 0.4) is 0 Å². The number of non-ortho nitro benzene ring substituents is 1. The second kappa shape index (κ2) is 13.8. The van der Waals surface area contributed by atoms with Crippen LogP contribution in [0.2, 0.25) is 0 Å². The van der Waals surface area contributed by atoms with Crippen LogP contribution < -0.4 is 9.47 Å². The third kappa shape index (κ3) is 8.19. The van der Waals surface area contributed by atoms with E-state index in [0.29, 0.717) is 35.8 Å². The molecule has 3 aromatic rings. The summed E-state index contributed by atoms with van der Waals surface area (Å²) in [4.78, 5) is 40.0. The molecule has 10 heteroatoms. The van der Waals surface area contributed by atoms with Gasteiger partial charge >= 0.3 is 0 Å². The zero-order chi connectivity index (χ0) is 28.4. The molecule has 3 rings (SSSR count). The molecule has 0 atom stereocenters. The number of ether oxygens (including phenoxy) is 2. The van der Waals surface area contributed by atoms with Crippen molar-refractivity contribution in [3.05, 3.63) is 93.9 Å². The number of nitro benzene ring substituents is 1. The topological polar surface area (TPSA) is 115 Å². The van der Waals surface area contributed by atoms with Crippen LogP contribution in [-0.4, -0.2) is 59.9 Å². The Morgan fingerprint density at radius 3 is 2.36 bits per heavy atom. The molecule has 0 bridgehead atoms. The van der Waals surface area contributed by atoms with Gasteiger partial charge in [0.25, 0.3) is 5.69 Å². The molecule has 1 aromatic heterocycles. The first-order valence-electron chi connectivity index (χ1n) is 12.5. The van der Waals surface area contributed by atoms with Gasteiger partial charge in [0, 0.05) is 30.8 Å². The summed E-state index contributed by atoms with van der Waals surface area (Å²) < 4.78 is 16.2. The zero-order valence-corrected chi connectivity index (χ0v) is 22.5. The molecule has 1 heterocycles. The smallest absolute Gasteiger partial charge is 0.269 e. The van der Waals surface area contributed by atoms with E-state index in [0.717, 1.165) is 5.56 Å². The van der Waals surface area contributed by atoms with Crippen LogP contribution in [0.4, 0.5) is 5.69 Å². The minimum absolute atomic E-state index is 0.0300. The highest BCUT2D eigenvalue weighted by Gasteiger charge is 2.23. The average molecular weight is 536 g/mol. The molecule has 0 fully saturated rings. The van der Waals surface area contributed by atoms with E-state index in [-0.39, 0.29) is 36.6 Å². The first kappa shape index (κ1) is 29.0. The maximum atomic E-state index is 13.5. The summed E-state index contributed by atoms with van der Waals surface area (Å²) in [5.41, 5.74) is 1.57. The highest BCUT2D eigenvalue weighted by atomic mass is 16.6. The van der Waals surface area contributed by atoms with E-state index in [1.165, 1.54) is 23.1 Å². The Morgan fingerprint density at radius 1 is 1.05 bits per heavy atom. The molecule has 10 nitrogen and oxygen atoms in total. The van der Waals surface area contributed by atoms with E-state index in [4.69, 9.17) is 13.9 Å². The molecule has 0 saturated heterocycles. The van der Waals surface area contributed by atoms with Gasteiger partial charge in [-0.2, -0.15) is 0 Å². The van der Waals surface area contributed by atoms with E-state index in [1.54, 1.807) is 55.7 Å². The summed E-state index contributed by atoms with van der Waals surface area (Å²) in [6.07, 6.45) is 5.06. The lowest BCUT2D eigenvalue weighted by Gasteiger charge is -2.29. The summed E-state index contributed by atoms with van der Waals surface area (Å²) >= 11 is 0. The molecule has 0 aliphatic carbocycles. The first-order chi connectivity index (χ1) is 18.7. The molecule has 0 spiro atoms. The summed E-state index contributed by atoms with van der Waals surface area (Å²) in [7, 11) is 3.14. The Hall–Kier alpha value is -4.60. The number of carbonyl (C=O) groups excluding carboxylic acids is 2. The Kier molecular flexibility index (Phi) is 10.3. The van der Waals surface area contributed by atoms with Crippen molar-refractivity contribution in [3.8, 4) is 11.5 Å². The fourth-order valence-corrected chi connectivity index (χ4v) is 3.91. The maximum absolute atomic E-state index is 13.5. The molecule has 0 radical (unpaired) electrons. The normalized spacial score (nSPS) is 11.0. The van der Waals surface area contributed by atoms with Crippen molar-refractivity contribution in [1.82, 2.24) is 9.80 Å². The highest BCUT2D eigenvalue weighted by Crippen LogP contribution is 2.28. The lowest BCUT2D eigenvalue weighted by atomic mass is 10.1. The predicted molar refractivity (Wildman–Crippen MR) is 146 cm³/mol. The van der Waals surface area contributed by atoms with Crippen LogP contribution in [-0.2, 0) is 22.6 Å². The van der Waals surface area contributed by atoms with Gasteiger partial charge in [-0.25, -0.2) is 0 Å². The van der Waals surface area contributed by atoms with Crippen molar-refractivity contribution >= 4 is 23.6 Å². The Morgan fingerprint density at radius 2 is 1.77 bits per heavy atom. The molecular weight excluding hydrogens is 502 g/mol. The lowest BCUT2D eigenvalue weighted by molar-refractivity contribution is -0.384. The maximum Gasteiger partial charge on any atom is 0.269 e. The largest absolute Gasteiger partial charge is 0.493 e. The van der Waals surface area contributed by atoms with Gasteiger partial charge in [0.15, 0.2) is 11.5 Å². The zero-order valence-electron chi connectivity index (χ0n) is 22.5. The number of rotatable bonds is 13. The van der Waals surface area contributed by atoms with E-state index < -0.39 is 4.92 Å². The molecule has 206 valence electrons. The van der Waals surface area contributed by atoms with Gasteiger partial charge in [-0.3, -0.25) is 19.7 Å². The van der Waals surface area contributed by atoms with Gasteiger partial charge in [-0.05, 0) is 73.9 Å². The minimum Gasteiger partial charge on any atom is -0.493 e. The van der Waals surface area contributed by atoms with Crippen molar-refractivity contribution in [2.24, 2.45) is 0 Å². The molecule has 0 N–H and O–H groups in total. The molecule has 39 heavy (non-hydrogen) atoms. The van der Waals surface area contributed by atoms with Crippen LogP contribution >= 0.6 is 0 Å². The molecule has 0 saturated carbocycles. The quantitative estimate of drug-likeness (QED) is 0.177. The third-order valence-corrected chi connectivity index (χ3v) is 6.13. The summed E-state index contributed by atoms with van der Waals surface area (Å²) in [5, 5.41) is 10.9. The monoisotopic (exact) mass is 535 g/mol. The number of carbonyl (C=O) groups is 2. The molecular formula is C29H33N3O7. The van der Waals surface area contributed by atoms with Crippen molar-refractivity contribution in [3.63, 3.8) is 0 Å². The number of hydrogen-bond acceptors (Lipinski definition) is 7. The number of benzene rings is 2. The number of hydrogen-bond donors (Lipinski definition) is 0. The van der Waals surface area contributed by atoms with Crippen molar-refractivity contribution in [2.75, 3.05) is 27.3 Å². The van der Waals surface area contributed by atoms with Crippen molar-refractivity contribution in [2.45, 2.75) is 32.9 Å². The number of nitrogens with zero attached hydrogens (tertiary/aromatic N) is 3. The van der Waals surface area contributed by atoms with Crippen LogP contribution in [0.1, 0.15) is 30.7 Å². The SMILES string of the molecule is COc1ccc(CCN(Cc2ccco2)C(=O)CN(C(=O)C=Cc2ccc([N+](=O)[O-])cc2)C(C)C)cc1OC. The fraction of sp³-hybridized carbons (Fsp3) is 0.310. The molecule has 0 unspecified atom stereocenters. The summed E-state index contributed by atoms with van der Waals surface area (Å²) in [5.74, 6) is 1.30. The van der Waals surface area contributed by atoms with Gasteiger partial charge in [0.1, 0.15) is 12.3 Å². The summed E-state index contributed by atoms with van der Waals surface area (Å²) in [6.45, 7) is 4.22. The first-order valence-corrected chi connectivity index (χ1v) is 12.5. The second-order valence-electron chi connectivity index (χ2n) is 9.08. The molecule has 2 amide bonds. The van der Waals surface area contributed by atoms with E-state index >= 15 is 0 Å². The van der Waals surface area contributed by atoms with Gasteiger partial charge in [0.05, 0.1) is 32.0 Å². The van der Waals surface area contributed by atoms with Gasteiger partial charge in [0.2, 0.25) is 11.8 Å². The average Bonchev–Trinajstić information content (AvgIpc) is 3.45. The van der Waals surface area contributed by atoms with Crippen LogP contribution in [0.5, 0.6) is 11.5 Å². The molecule has 0 aliphatic rings.